The summed E-state index contributed by atoms with van der Waals surface area (Å²) in [5.74, 6) is 2.45. The van der Waals surface area contributed by atoms with Gasteiger partial charge in [-0.3, -0.25) is 5.10 Å². The fourth-order valence-electron chi connectivity index (χ4n) is 3.07. The van der Waals surface area contributed by atoms with Gasteiger partial charge in [0, 0.05) is 22.2 Å². The third kappa shape index (κ3) is 4.59. The summed E-state index contributed by atoms with van der Waals surface area (Å²) < 4.78 is 17.0. The van der Waals surface area contributed by atoms with Crippen LogP contribution in [0.4, 0.5) is 0 Å². The van der Waals surface area contributed by atoms with Crippen molar-refractivity contribution in [1.29, 1.82) is 0 Å². The Morgan fingerprint density at radius 1 is 0.968 bits per heavy atom. The molecule has 1 heterocycles. The van der Waals surface area contributed by atoms with Gasteiger partial charge in [0.25, 0.3) is 0 Å². The number of hydrogen-bond donors (Lipinski definition) is 2. The number of H-pyrrole nitrogens is 1. The minimum atomic E-state index is 0.0303. The van der Waals surface area contributed by atoms with Crippen LogP contribution in [0.5, 0.6) is 28.7 Å². The van der Waals surface area contributed by atoms with Crippen LogP contribution in [0.3, 0.4) is 0 Å². The lowest BCUT2D eigenvalue weighted by molar-refractivity contribution is 0.304. The molecule has 31 heavy (non-hydrogen) atoms. The molecule has 0 atom stereocenters. The molecule has 0 saturated carbocycles. The summed E-state index contributed by atoms with van der Waals surface area (Å²) in [7, 11) is 1.61. The van der Waals surface area contributed by atoms with Gasteiger partial charge in [0.2, 0.25) is 0 Å². The summed E-state index contributed by atoms with van der Waals surface area (Å²) in [6.07, 6.45) is 0. The molecule has 0 saturated heterocycles. The van der Waals surface area contributed by atoms with Crippen LogP contribution in [0.2, 0.25) is 5.02 Å². The van der Waals surface area contributed by atoms with E-state index >= 15 is 0 Å². The number of aromatic nitrogens is 2. The van der Waals surface area contributed by atoms with E-state index in [-0.39, 0.29) is 5.75 Å². The van der Waals surface area contributed by atoms with Gasteiger partial charge in [0.1, 0.15) is 35.3 Å². The Hall–Kier alpha value is -3.64. The van der Waals surface area contributed by atoms with Gasteiger partial charge in [0.05, 0.1) is 12.8 Å². The lowest BCUT2D eigenvalue weighted by atomic mass is 10.1. The zero-order valence-corrected chi connectivity index (χ0v) is 17.8. The smallest absolute Gasteiger partial charge is 0.176 e. The number of phenolic OH excluding ortho intramolecular Hbond substituents is 1. The Balaban J connectivity index is 1.55. The van der Waals surface area contributed by atoms with Gasteiger partial charge in [-0.2, -0.15) is 5.10 Å². The molecule has 4 rings (SSSR count). The van der Waals surface area contributed by atoms with Crippen molar-refractivity contribution in [2.45, 2.75) is 13.5 Å². The number of nitrogens with one attached hydrogen (secondary N) is 1. The second-order valence-electron chi connectivity index (χ2n) is 6.86. The maximum atomic E-state index is 10.6. The molecule has 0 amide bonds. The van der Waals surface area contributed by atoms with E-state index in [0.29, 0.717) is 40.1 Å². The Bertz CT molecular complexity index is 1190. The zero-order chi connectivity index (χ0) is 21.8. The molecule has 6 nitrogen and oxygen atoms in total. The molecule has 0 unspecified atom stereocenters. The summed E-state index contributed by atoms with van der Waals surface area (Å²) in [4.78, 5) is 0. The van der Waals surface area contributed by atoms with Crippen molar-refractivity contribution in [1.82, 2.24) is 10.2 Å². The normalized spacial score (nSPS) is 10.7. The number of rotatable bonds is 7. The maximum Gasteiger partial charge on any atom is 0.176 e. The molecule has 3 aromatic carbocycles. The Morgan fingerprint density at radius 3 is 2.39 bits per heavy atom. The highest BCUT2D eigenvalue weighted by molar-refractivity contribution is 6.31. The molecule has 0 aliphatic rings. The zero-order valence-electron chi connectivity index (χ0n) is 17.1. The number of phenols is 1. The van der Waals surface area contributed by atoms with Crippen LogP contribution >= 0.6 is 11.6 Å². The number of hydrogen-bond acceptors (Lipinski definition) is 5. The van der Waals surface area contributed by atoms with Crippen LogP contribution in [0.25, 0.3) is 11.3 Å². The molecule has 0 aliphatic heterocycles. The molecule has 0 radical (unpaired) electrons. The monoisotopic (exact) mass is 436 g/mol. The molecule has 4 aromatic rings. The first kappa shape index (κ1) is 20.6. The summed E-state index contributed by atoms with van der Waals surface area (Å²) >= 11 is 6.17. The Kier molecular flexibility index (Phi) is 6.00. The first-order chi connectivity index (χ1) is 15.0. The number of halogens is 1. The lowest BCUT2D eigenvalue weighted by Crippen LogP contribution is -1.96. The van der Waals surface area contributed by atoms with Gasteiger partial charge in [-0.25, -0.2) is 0 Å². The van der Waals surface area contributed by atoms with Crippen molar-refractivity contribution >= 4 is 11.6 Å². The van der Waals surface area contributed by atoms with Crippen molar-refractivity contribution in [3.05, 3.63) is 83.0 Å². The fourth-order valence-corrected chi connectivity index (χ4v) is 3.26. The topological polar surface area (TPSA) is 76.6 Å². The van der Waals surface area contributed by atoms with E-state index in [0.717, 1.165) is 17.0 Å². The van der Waals surface area contributed by atoms with Gasteiger partial charge in [0.15, 0.2) is 5.75 Å². The van der Waals surface area contributed by atoms with Crippen molar-refractivity contribution < 1.29 is 19.3 Å². The van der Waals surface area contributed by atoms with Gasteiger partial charge < -0.3 is 19.3 Å². The van der Waals surface area contributed by atoms with Crippen LogP contribution < -0.4 is 14.2 Å². The van der Waals surface area contributed by atoms with Gasteiger partial charge in [-0.05, 0) is 49.4 Å². The van der Waals surface area contributed by atoms with E-state index in [9.17, 15) is 5.11 Å². The van der Waals surface area contributed by atoms with Crippen LogP contribution in [-0.2, 0) is 6.61 Å². The SMILES string of the molecule is COc1ccc(Oc2c(-c3ccc(OCc4ccccc4Cl)cc3O)n[nH]c2C)cc1. The van der Waals surface area contributed by atoms with Gasteiger partial charge >= 0.3 is 0 Å². The number of aromatic amines is 1. The number of aromatic hydroxyl groups is 1. The molecular formula is C24H21ClN2O4. The third-order valence-electron chi connectivity index (χ3n) is 4.75. The molecule has 0 fully saturated rings. The number of aryl methyl sites for hydroxylation is 1. The number of benzene rings is 3. The lowest BCUT2D eigenvalue weighted by Gasteiger charge is -2.11. The van der Waals surface area contributed by atoms with Crippen molar-refractivity contribution in [2.24, 2.45) is 0 Å². The van der Waals surface area contributed by atoms with Crippen LogP contribution in [0, 0.1) is 6.92 Å². The Labute approximate surface area is 185 Å². The molecule has 0 aliphatic carbocycles. The van der Waals surface area contributed by atoms with Crippen LogP contribution in [-0.4, -0.2) is 22.4 Å². The quantitative estimate of drug-likeness (QED) is 0.364. The fraction of sp³-hybridized carbons (Fsp3) is 0.125. The van der Waals surface area contributed by atoms with E-state index in [2.05, 4.69) is 10.2 Å². The maximum absolute atomic E-state index is 10.6. The van der Waals surface area contributed by atoms with Crippen LogP contribution in [0.1, 0.15) is 11.3 Å². The Morgan fingerprint density at radius 2 is 1.68 bits per heavy atom. The summed E-state index contributed by atoms with van der Waals surface area (Å²) in [6.45, 7) is 2.15. The molecule has 2 N–H and O–H groups in total. The van der Waals surface area contributed by atoms with Crippen molar-refractivity contribution in [3.63, 3.8) is 0 Å². The average Bonchev–Trinajstić information content (AvgIpc) is 3.13. The van der Waals surface area contributed by atoms with E-state index in [1.807, 2.05) is 43.3 Å². The second-order valence-corrected chi connectivity index (χ2v) is 7.27. The largest absolute Gasteiger partial charge is 0.507 e. The van der Waals surface area contributed by atoms with Gasteiger partial charge in [-0.15, -0.1) is 0 Å². The van der Waals surface area contributed by atoms with E-state index < -0.39 is 0 Å². The van der Waals surface area contributed by atoms with Gasteiger partial charge in [-0.1, -0.05) is 29.8 Å². The van der Waals surface area contributed by atoms with Crippen molar-refractivity contribution in [3.8, 4) is 40.0 Å². The van der Waals surface area contributed by atoms with E-state index in [1.165, 1.54) is 0 Å². The molecular weight excluding hydrogens is 416 g/mol. The first-order valence-electron chi connectivity index (χ1n) is 9.61. The highest BCUT2D eigenvalue weighted by atomic mass is 35.5. The van der Waals surface area contributed by atoms with E-state index in [4.69, 9.17) is 25.8 Å². The number of nitrogens with zero attached hydrogens (tertiary/aromatic N) is 1. The van der Waals surface area contributed by atoms with Crippen molar-refractivity contribution in [2.75, 3.05) is 7.11 Å². The standard InChI is InChI=1S/C24H21ClN2O4/c1-15-24(31-18-9-7-17(29-2)8-10-18)23(27-26-15)20-12-11-19(13-22(20)28)30-14-16-5-3-4-6-21(16)25/h3-13,28H,14H2,1-2H3,(H,26,27). The first-order valence-corrected chi connectivity index (χ1v) is 9.99. The highest BCUT2D eigenvalue weighted by Crippen LogP contribution is 2.40. The second kappa shape index (κ2) is 9.02. The highest BCUT2D eigenvalue weighted by Gasteiger charge is 2.18. The predicted molar refractivity (Wildman–Crippen MR) is 119 cm³/mol. The predicted octanol–water partition coefficient (Wildman–Crippen LogP) is 6.12. The summed E-state index contributed by atoms with van der Waals surface area (Å²) in [6, 6.07) is 19.8. The molecule has 7 heteroatoms. The minimum absolute atomic E-state index is 0.0303. The molecule has 158 valence electrons. The number of ether oxygens (including phenoxy) is 3. The summed E-state index contributed by atoms with van der Waals surface area (Å²) in [5.41, 5.74) is 2.64. The molecule has 0 bridgehead atoms. The molecule has 0 spiro atoms. The minimum Gasteiger partial charge on any atom is -0.507 e. The average molecular weight is 437 g/mol. The van der Waals surface area contributed by atoms with E-state index in [1.54, 1.807) is 37.4 Å². The molecule has 1 aromatic heterocycles. The number of methoxy groups -OCH3 is 1. The summed E-state index contributed by atoms with van der Waals surface area (Å²) in [5, 5.41) is 18.5. The third-order valence-corrected chi connectivity index (χ3v) is 5.12. The van der Waals surface area contributed by atoms with Crippen LogP contribution in [0.15, 0.2) is 66.7 Å².